The fourth-order valence-corrected chi connectivity index (χ4v) is 16.1. The van der Waals surface area contributed by atoms with Crippen LogP contribution in [0.25, 0.3) is 171 Å². The minimum absolute atomic E-state index is 0.282. The first-order chi connectivity index (χ1) is 45.2. The maximum atomic E-state index is 7.63. The normalized spacial score (nSPS) is 12.7. The van der Waals surface area contributed by atoms with Crippen LogP contribution in [0.4, 0.5) is 0 Å². The van der Waals surface area contributed by atoms with E-state index in [0.717, 1.165) is 172 Å². The van der Waals surface area contributed by atoms with E-state index in [1.165, 1.54) is 27.0 Å². The first kappa shape index (κ1) is 49.0. The Hall–Kier alpha value is -12.1. The van der Waals surface area contributed by atoms with Gasteiger partial charge in [-0.1, -0.05) is 200 Å². The third kappa shape index (κ3) is 6.70. The molecule has 0 spiro atoms. The molecule has 0 atom stereocenters. The van der Waals surface area contributed by atoms with E-state index in [-0.39, 0.29) is 6.71 Å². The number of benzene rings is 14. The summed E-state index contributed by atoms with van der Waals surface area (Å²) in [6.45, 7) is -0.282. The molecular weight excluding hydrogens is 1110 g/mol. The lowest BCUT2D eigenvalue weighted by atomic mass is 9.34. The van der Waals surface area contributed by atoms with Gasteiger partial charge in [0.15, 0.2) is 0 Å². The van der Waals surface area contributed by atoms with Crippen molar-refractivity contribution in [1.29, 1.82) is 0 Å². The van der Waals surface area contributed by atoms with Crippen LogP contribution in [0.15, 0.2) is 300 Å². The number of fused-ring (bicyclic) bond motifs is 21. The number of nitrogens with zero attached hydrogens (tertiary/aromatic N) is 3. The Bertz CT molecular complexity index is 6270. The van der Waals surface area contributed by atoms with Crippen LogP contribution in [-0.2, 0) is 0 Å². The molecule has 0 N–H and O–H groups in total. The van der Waals surface area contributed by atoms with Gasteiger partial charge in [0.1, 0.15) is 33.8 Å². The molecule has 2 aliphatic rings. The quantitative estimate of drug-likeness (QED) is 0.156. The summed E-state index contributed by atoms with van der Waals surface area (Å²) in [5.41, 5.74) is 25.6. The maximum Gasteiger partial charge on any atom is 0.256 e. The molecule has 7 heterocycles. The van der Waals surface area contributed by atoms with Crippen LogP contribution < -0.4 is 21.1 Å². The van der Waals surface area contributed by atoms with Crippen molar-refractivity contribution in [2.24, 2.45) is 0 Å². The van der Waals surface area contributed by atoms with Crippen molar-refractivity contribution in [1.82, 2.24) is 13.7 Å². The Morgan fingerprint density at radius 2 is 0.780 bits per heavy atom. The second-order valence-electron chi connectivity index (χ2n) is 24.5. The van der Waals surface area contributed by atoms with Crippen LogP contribution >= 0.6 is 0 Å². The van der Waals surface area contributed by atoms with Gasteiger partial charge in [0.25, 0.3) is 6.71 Å². The maximum absolute atomic E-state index is 7.63. The van der Waals surface area contributed by atoms with Gasteiger partial charge in [-0.2, -0.15) is 0 Å². The van der Waals surface area contributed by atoms with Crippen LogP contribution in [0, 0.1) is 0 Å². The third-order valence-corrected chi connectivity index (χ3v) is 19.9. The molecule has 7 heteroatoms. The predicted molar refractivity (Wildman–Crippen MR) is 377 cm³/mol. The van der Waals surface area contributed by atoms with E-state index in [4.69, 9.17) is 13.6 Å². The van der Waals surface area contributed by atoms with Gasteiger partial charge in [-0.15, -0.1) is 0 Å². The highest BCUT2D eigenvalue weighted by Gasteiger charge is 2.43. The molecule has 14 aromatic carbocycles. The largest absolute Gasteiger partial charge is 0.458 e. The lowest BCUT2D eigenvalue weighted by Crippen LogP contribution is -2.58. The fourth-order valence-electron chi connectivity index (χ4n) is 16.1. The molecule has 0 saturated heterocycles. The highest BCUT2D eigenvalue weighted by Crippen LogP contribution is 2.50. The molecule has 19 aromatic rings. The number of hydrogen-bond acceptors (Lipinski definition) is 3. The van der Waals surface area contributed by atoms with Crippen molar-refractivity contribution in [3.8, 4) is 73.1 Å². The van der Waals surface area contributed by atoms with Crippen LogP contribution in [0.5, 0.6) is 11.5 Å². The molecule has 0 bridgehead atoms. The van der Waals surface area contributed by atoms with Crippen molar-refractivity contribution in [3.63, 3.8) is 0 Å². The van der Waals surface area contributed by atoms with E-state index in [0.29, 0.717) is 0 Å². The molecule has 91 heavy (non-hydrogen) atoms. The van der Waals surface area contributed by atoms with Gasteiger partial charge in [-0.3, -0.25) is 0 Å². The first-order valence-electron chi connectivity index (χ1n) is 31.3. The lowest BCUT2D eigenvalue weighted by Gasteiger charge is -2.34. The Kier molecular flexibility index (Phi) is 9.83. The molecule has 21 rings (SSSR count). The Morgan fingerprint density at radius 3 is 1.36 bits per heavy atom. The average Bonchev–Trinajstić information content (AvgIpc) is 1.56. The van der Waals surface area contributed by atoms with Crippen LogP contribution in [0.2, 0.25) is 0 Å². The van der Waals surface area contributed by atoms with Gasteiger partial charge < -0.3 is 27.3 Å². The van der Waals surface area contributed by atoms with Gasteiger partial charge in [0, 0.05) is 65.7 Å². The third-order valence-electron chi connectivity index (χ3n) is 19.9. The van der Waals surface area contributed by atoms with E-state index >= 15 is 0 Å². The standard InChI is InChI=1S/C84H48BN3O3/c1-3-20-49(21-4-1)54-24-7-8-26-56(54)51-44-65(57-27-10-9-25-55(57)50-22-5-2-6-23-50)82-68(45-51)85-67-48-66-64-47-53(87-71-34-17-13-30-60(71)61-31-14-18-35-72(61)87)39-43-76(64)90-84(66)79-78-73(88(81(67)79)74-36-19-37-77(91-82)80(74)85)41-40-62-63-46-52(38-42-75(63)89-83(62)78)86-69-32-15-11-28-58(69)59-29-12-16-33-70(59)86/h1-48H. The zero-order chi connectivity index (χ0) is 59.2. The average molecular weight is 1160 g/mol. The molecule has 2 aliphatic heterocycles. The summed E-state index contributed by atoms with van der Waals surface area (Å²) in [5.74, 6) is 1.68. The minimum Gasteiger partial charge on any atom is -0.458 e. The van der Waals surface area contributed by atoms with Crippen molar-refractivity contribution in [2.75, 3.05) is 0 Å². The number of para-hydroxylation sites is 4. The molecule has 0 radical (unpaired) electrons. The molecule has 0 aliphatic carbocycles. The molecule has 0 amide bonds. The predicted octanol–water partition coefficient (Wildman–Crippen LogP) is 20.4. The second-order valence-corrected chi connectivity index (χ2v) is 24.5. The van der Waals surface area contributed by atoms with Crippen molar-refractivity contribution in [2.45, 2.75) is 0 Å². The number of rotatable bonds is 6. The summed E-state index contributed by atoms with van der Waals surface area (Å²) in [6, 6.07) is 106. The number of ether oxygens (including phenoxy) is 1. The molecule has 0 unspecified atom stereocenters. The summed E-state index contributed by atoms with van der Waals surface area (Å²) in [6.07, 6.45) is 0. The highest BCUT2D eigenvalue weighted by molar-refractivity contribution is 6.99. The smallest absolute Gasteiger partial charge is 0.256 e. The van der Waals surface area contributed by atoms with Gasteiger partial charge in [-0.05, 0) is 146 Å². The molecular formula is C84H48BN3O3. The fraction of sp³-hybridized carbons (Fsp3) is 0. The topological polar surface area (TPSA) is 50.3 Å². The van der Waals surface area contributed by atoms with Gasteiger partial charge in [0.05, 0.1) is 43.9 Å². The summed E-state index contributed by atoms with van der Waals surface area (Å²) >= 11 is 0. The summed E-state index contributed by atoms with van der Waals surface area (Å²) in [7, 11) is 0. The van der Waals surface area contributed by atoms with Crippen molar-refractivity contribution in [3.05, 3.63) is 291 Å². The zero-order valence-electron chi connectivity index (χ0n) is 48.9. The van der Waals surface area contributed by atoms with Crippen molar-refractivity contribution < 1.29 is 13.6 Å². The van der Waals surface area contributed by atoms with Crippen LogP contribution in [-0.4, -0.2) is 20.4 Å². The summed E-state index contributed by atoms with van der Waals surface area (Å²) in [5, 5.41) is 11.1. The van der Waals surface area contributed by atoms with E-state index in [9.17, 15) is 0 Å². The zero-order valence-corrected chi connectivity index (χ0v) is 48.9. The van der Waals surface area contributed by atoms with E-state index in [1.54, 1.807) is 0 Å². The highest BCUT2D eigenvalue weighted by atomic mass is 16.5. The van der Waals surface area contributed by atoms with Crippen molar-refractivity contribution >= 4 is 132 Å². The molecule has 5 aromatic heterocycles. The van der Waals surface area contributed by atoms with Gasteiger partial charge >= 0.3 is 0 Å². The summed E-state index contributed by atoms with van der Waals surface area (Å²) in [4.78, 5) is 0. The Labute approximate surface area is 520 Å². The lowest BCUT2D eigenvalue weighted by molar-refractivity contribution is 0.489. The second kappa shape index (κ2) is 18.3. The Balaban J connectivity index is 0.890. The van der Waals surface area contributed by atoms with Crippen LogP contribution in [0.1, 0.15) is 0 Å². The molecule has 6 nitrogen and oxygen atoms in total. The molecule has 420 valence electrons. The van der Waals surface area contributed by atoms with Gasteiger partial charge in [-0.25, -0.2) is 0 Å². The number of aromatic nitrogens is 3. The summed E-state index contributed by atoms with van der Waals surface area (Å²) < 4.78 is 29.8. The monoisotopic (exact) mass is 1160 g/mol. The minimum atomic E-state index is -0.282. The SMILES string of the molecule is c1ccc(-c2ccccc2-c2cc3c(c(-c4ccccc4-c4ccccc4)c2)Oc2cccc4c2B3c2cc3c5cc(-n6c7ccccc7c7ccccc76)ccc5oc3c3c5c6oc7ccc(-n8c9ccccc9c9ccccc98)cc7c6ccc5n-4c23)cc1. The van der Waals surface area contributed by atoms with E-state index in [2.05, 4.69) is 305 Å². The Morgan fingerprint density at radius 1 is 0.286 bits per heavy atom. The number of furan rings is 2. The molecule has 0 saturated carbocycles. The first-order valence-corrected chi connectivity index (χ1v) is 31.3. The molecule has 0 fully saturated rings. The van der Waals surface area contributed by atoms with E-state index < -0.39 is 0 Å². The van der Waals surface area contributed by atoms with Crippen LogP contribution in [0.3, 0.4) is 0 Å². The van der Waals surface area contributed by atoms with Gasteiger partial charge in [0.2, 0.25) is 0 Å². The number of hydrogen-bond donors (Lipinski definition) is 0. The van der Waals surface area contributed by atoms with E-state index in [1.807, 2.05) is 0 Å².